The predicted octanol–water partition coefficient (Wildman–Crippen LogP) is 4.44. The van der Waals surface area contributed by atoms with Crippen LogP contribution in [0.1, 0.15) is 38.4 Å². The lowest BCUT2D eigenvalue weighted by Crippen LogP contribution is -2.29. The monoisotopic (exact) mass is 475 g/mol. The Hall–Kier alpha value is -2.77. The van der Waals surface area contributed by atoms with Crippen molar-refractivity contribution in [2.24, 2.45) is 0 Å². The fourth-order valence-electron chi connectivity index (χ4n) is 3.18. The first-order valence-electron chi connectivity index (χ1n) is 8.99. The number of hydrogen-bond acceptors (Lipinski definition) is 3. The molecule has 14 heteroatoms. The van der Waals surface area contributed by atoms with Crippen molar-refractivity contribution in [2.75, 3.05) is 13.2 Å². The molecule has 0 bridgehead atoms. The van der Waals surface area contributed by atoms with Crippen molar-refractivity contribution in [3.8, 4) is 0 Å². The molecule has 3 rings (SSSR count). The van der Waals surface area contributed by atoms with Crippen LogP contribution in [0.2, 0.25) is 0 Å². The van der Waals surface area contributed by atoms with E-state index in [2.05, 4.69) is 10.4 Å². The first-order chi connectivity index (χ1) is 14.7. The predicted molar refractivity (Wildman–Crippen MR) is 89.4 cm³/mol. The van der Waals surface area contributed by atoms with E-state index in [0.717, 1.165) is 4.68 Å². The lowest BCUT2D eigenvalue weighted by Gasteiger charge is -2.16. The largest absolute Gasteiger partial charge is 0.435 e. The number of rotatable bonds is 4. The second-order valence-electron chi connectivity index (χ2n) is 6.85. The molecular formula is C18H14F9N3O2. The van der Waals surface area contributed by atoms with E-state index in [1.54, 1.807) is 0 Å². The SMILES string of the molecule is O=C(NCCn1nc(C(F)(F)F)c2c1CCOC2)c1cc(C(F)(F)F)cc(C(F)(F)F)c1. The number of benzene rings is 1. The highest BCUT2D eigenvalue weighted by Crippen LogP contribution is 2.37. The Labute approximate surface area is 174 Å². The second-order valence-corrected chi connectivity index (χ2v) is 6.85. The quantitative estimate of drug-likeness (QED) is 0.666. The maximum absolute atomic E-state index is 13.1. The Morgan fingerprint density at radius 1 is 0.969 bits per heavy atom. The minimum Gasteiger partial charge on any atom is -0.376 e. The van der Waals surface area contributed by atoms with E-state index < -0.39 is 46.8 Å². The van der Waals surface area contributed by atoms with Crippen molar-refractivity contribution in [1.29, 1.82) is 0 Å². The normalized spacial score (nSPS) is 14.9. The summed E-state index contributed by atoms with van der Waals surface area (Å²) in [6.07, 6.45) is -14.9. The first kappa shape index (κ1) is 23.9. The number of carbonyl (C=O) groups excluding carboxylic acids is 1. The molecule has 0 saturated heterocycles. The van der Waals surface area contributed by atoms with Gasteiger partial charge in [-0.05, 0) is 18.2 Å². The van der Waals surface area contributed by atoms with Gasteiger partial charge in [-0.2, -0.15) is 44.6 Å². The molecule has 32 heavy (non-hydrogen) atoms. The van der Waals surface area contributed by atoms with Gasteiger partial charge in [0.1, 0.15) is 0 Å². The number of nitrogens with one attached hydrogen (secondary N) is 1. The van der Waals surface area contributed by atoms with Gasteiger partial charge in [-0.15, -0.1) is 0 Å². The molecule has 2 heterocycles. The van der Waals surface area contributed by atoms with E-state index in [9.17, 15) is 44.3 Å². The summed E-state index contributed by atoms with van der Waals surface area (Å²) in [6.45, 7) is -0.828. The Morgan fingerprint density at radius 3 is 2.09 bits per heavy atom. The summed E-state index contributed by atoms with van der Waals surface area (Å²) >= 11 is 0. The van der Waals surface area contributed by atoms with Crippen LogP contribution in [0.15, 0.2) is 18.2 Å². The third-order valence-electron chi connectivity index (χ3n) is 4.62. The highest BCUT2D eigenvalue weighted by atomic mass is 19.4. The molecular weight excluding hydrogens is 461 g/mol. The lowest BCUT2D eigenvalue weighted by molar-refractivity contribution is -0.144. The maximum atomic E-state index is 13.1. The fourth-order valence-corrected chi connectivity index (χ4v) is 3.18. The summed E-state index contributed by atoms with van der Waals surface area (Å²) in [7, 11) is 0. The van der Waals surface area contributed by atoms with Crippen molar-refractivity contribution >= 4 is 5.91 Å². The van der Waals surface area contributed by atoms with Gasteiger partial charge in [0.15, 0.2) is 5.69 Å². The summed E-state index contributed by atoms with van der Waals surface area (Å²) in [5, 5.41) is 5.60. The number of carbonyl (C=O) groups is 1. The zero-order chi connectivity index (χ0) is 23.9. The summed E-state index contributed by atoms with van der Waals surface area (Å²) in [4.78, 5) is 12.2. The summed E-state index contributed by atoms with van der Waals surface area (Å²) in [6, 6.07) is 0.409. The van der Waals surface area contributed by atoms with Gasteiger partial charge in [0, 0.05) is 29.8 Å². The average molecular weight is 475 g/mol. The molecule has 5 nitrogen and oxygen atoms in total. The molecule has 176 valence electrons. The zero-order valence-electron chi connectivity index (χ0n) is 15.9. The third-order valence-corrected chi connectivity index (χ3v) is 4.62. The Bertz CT molecular complexity index is 975. The van der Waals surface area contributed by atoms with E-state index in [-0.39, 0.29) is 62.2 Å². The molecule has 1 amide bonds. The molecule has 0 unspecified atom stereocenters. The number of fused-ring (bicyclic) bond motifs is 1. The smallest absolute Gasteiger partial charge is 0.376 e. The molecule has 1 aromatic heterocycles. The Morgan fingerprint density at radius 2 is 1.56 bits per heavy atom. The van der Waals surface area contributed by atoms with Crippen LogP contribution in [-0.2, 0) is 42.8 Å². The van der Waals surface area contributed by atoms with Crippen molar-refractivity contribution in [1.82, 2.24) is 15.1 Å². The zero-order valence-corrected chi connectivity index (χ0v) is 15.9. The second kappa shape index (κ2) is 8.30. The van der Waals surface area contributed by atoms with Gasteiger partial charge in [0.05, 0.1) is 30.9 Å². The number of hydrogen-bond donors (Lipinski definition) is 1. The van der Waals surface area contributed by atoms with Crippen molar-refractivity contribution < 1.29 is 49.0 Å². The number of amides is 1. The van der Waals surface area contributed by atoms with Crippen molar-refractivity contribution in [3.63, 3.8) is 0 Å². The minimum absolute atomic E-state index is 0.118. The molecule has 0 saturated carbocycles. The number of aromatic nitrogens is 2. The molecule has 2 aromatic rings. The minimum atomic E-state index is -5.12. The van der Waals surface area contributed by atoms with Crippen LogP contribution < -0.4 is 5.32 Å². The number of ether oxygens (including phenoxy) is 1. The van der Waals surface area contributed by atoms with E-state index >= 15 is 0 Å². The van der Waals surface area contributed by atoms with Crippen LogP contribution in [0.5, 0.6) is 0 Å². The number of alkyl halides is 9. The fraction of sp³-hybridized carbons (Fsp3) is 0.444. The van der Waals surface area contributed by atoms with E-state index in [0.29, 0.717) is 0 Å². The molecule has 1 N–H and O–H groups in total. The molecule has 0 atom stereocenters. The summed E-state index contributed by atoms with van der Waals surface area (Å²) < 4.78 is 123. The molecule has 0 fully saturated rings. The highest BCUT2D eigenvalue weighted by Gasteiger charge is 2.40. The van der Waals surface area contributed by atoms with E-state index in [1.807, 2.05) is 0 Å². The third kappa shape index (κ3) is 5.16. The Balaban J connectivity index is 1.78. The van der Waals surface area contributed by atoms with Gasteiger partial charge >= 0.3 is 18.5 Å². The van der Waals surface area contributed by atoms with Crippen LogP contribution in [-0.4, -0.2) is 28.8 Å². The highest BCUT2D eigenvalue weighted by molar-refractivity contribution is 5.94. The molecule has 0 radical (unpaired) electrons. The van der Waals surface area contributed by atoms with Gasteiger partial charge in [-0.3, -0.25) is 9.48 Å². The van der Waals surface area contributed by atoms with Crippen LogP contribution >= 0.6 is 0 Å². The average Bonchev–Trinajstić information content (AvgIpc) is 3.05. The number of nitrogens with zero attached hydrogens (tertiary/aromatic N) is 2. The van der Waals surface area contributed by atoms with Gasteiger partial charge in [-0.1, -0.05) is 0 Å². The molecule has 1 aliphatic heterocycles. The van der Waals surface area contributed by atoms with Crippen molar-refractivity contribution in [2.45, 2.75) is 38.1 Å². The topological polar surface area (TPSA) is 56.2 Å². The standard InChI is InChI=1S/C18H14F9N3O2/c19-16(20,21)10-5-9(6-11(7-10)17(22,23)24)15(31)28-2-3-30-13-1-4-32-8-12(13)14(29-30)18(25,26)27/h5-7H,1-4,8H2,(H,28,31). The molecule has 1 aromatic carbocycles. The van der Waals surface area contributed by atoms with Gasteiger partial charge in [0.2, 0.25) is 0 Å². The van der Waals surface area contributed by atoms with Crippen LogP contribution in [0, 0.1) is 0 Å². The summed E-state index contributed by atoms with van der Waals surface area (Å²) in [5.41, 5.74) is -5.27. The van der Waals surface area contributed by atoms with E-state index in [1.165, 1.54) is 0 Å². The lowest BCUT2D eigenvalue weighted by atomic mass is 10.0. The molecule has 1 aliphatic rings. The van der Waals surface area contributed by atoms with E-state index in [4.69, 9.17) is 4.74 Å². The van der Waals surface area contributed by atoms with Gasteiger partial charge < -0.3 is 10.1 Å². The molecule has 0 spiro atoms. The van der Waals surface area contributed by atoms with Crippen LogP contribution in [0.25, 0.3) is 0 Å². The van der Waals surface area contributed by atoms with Gasteiger partial charge in [0.25, 0.3) is 5.91 Å². The van der Waals surface area contributed by atoms with Crippen molar-refractivity contribution in [3.05, 3.63) is 51.8 Å². The summed E-state index contributed by atoms with van der Waals surface area (Å²) in [5.74, 6) is -1.25. The number of halogens is 9. The van der Waals surface area contributed by atoms with Crippen LogP contribution in [0.3, 0.4) is 0 Å². The first-order valence-corrected chi connectivity index (χ1v) is 8.99. The molecule has 0 aliphatic carbocycles. The van der Waals surface area contributed by atoms with Gasteiger partial charge in [-0.25, -0.2) is 0 Å². The van der Waals surface area contributed by atoms with Crippen LogP contribution in [0.4, 0.5) is 39.5 Å². The maximum Gasteiger partial charge on any atom is 0.435 e. The Kier molecular flexibility index (Phi) is 6.19.